The van der Waals surface area contributed by atoms with Crippen LogP contribution in [-0.4, -0.2) is 51.9 Å². The number of ether oxygens (including phenoxy) is 1. The van der Waals surface area contributed by atoms with E-state index in [9.17, 15) is 9.90 Å². The molecule has 4 rings (SSSR count). The highest BCUT2D eigenvalue weighted by atomic mass is 16.5. The molecule has 1 amide bonds. The highest BCUT2D eigenvalue weighted by Gasteiger charge is 2.31. The molecule has 1 saturated carbocycles. The van der Waals surface area contributed by atoms with Crippen LogP contribution >= 0.6 is 0 Å². The van der Waals surface area contributed by atoms with E-state index in [1.165, 1.54) is 0 Å². The van der Waals surface area contributed by atoms with E-state index in [0.717, 1.165) is 25.1 Å². The van der Waals surface area contributed by atoms with Crippen molar-refractivity contribution in [2.45, 2.75) is 51.7 Å². The molecule has 2 fully saturated rings. The van der Waals surface area contributed by atoms with Gasteiger partial charge in [-0.1, -0.05) is 5.16 Å². The van der Waals surface area contributed by atoms with Gasteiger partial charge in [0.25, 0.3) is 5.91 Å². The highest BCUT2D eigenvalue weighted by Crippen LogP contribution is 2.33. The highest BCUT2D eigenvalue weighted by molar-refractivity contribution is 5.93. The van der Waals surface area contributed by atoms with Gasteiger partial charge in [0.15, 0.2) is 5.82 Å². The molecule has 0 radical (unpaired) electrons. The van der Waals surface area contributed by atoms with Gasteiger partial charge in [-0.15, -0.1) is 0 Å². The molecule has 2 N–H and O–H groups in total. The number of aryl methyl sites for hydroxylation is 1. The van der Waals surface area contributed by atoms with Gasteiger partial charge in [0.05, 0.1) is 18.2 Å². The van der Waals surface area contributed by atoms with Crippen molar-refractivity contribution in [3.63, 3.8) is 0 Å². The Balaban J connectivity index is 1.54. The first-order chi connectivity index (χ1) is 13.8. The molecular weight excluding hydrogens is 374 g/mol. The van der Waals surface area contributed by atoms with E-state index in [2.05, 4.69) is 20.4 Å². The van der Waals surface area contributed by atoms with Gasteiger partial charge in [-0.25, -0.2) is 4.98 Å². The number of anilines is 1. The molecule has 1 unspecified atom stereocenters. The van der Waals surface area contributed by atoms with E-state index in [4.69, 9.17) is 9.26 Å². The minimum atomic E-state index is -0.816. The average Bonchev–Trinajstić information content (AvgIpc) is 3.24. The number of carbonyl (C=O) groups is 1. The fourth-order valence-electron chi connectivity index (χ4n) is 3.31. The number of rotatable bonds is 7. The van der Waals surface area contributed by atoms with Gasteiger partial charge in [-0.2, -0.15) is 4.98 Å². The number of amides is 1. The van der Waals surface area contributed by atoms with E-state index in [-0.39, 0.29) is 17.7 Å². The topological polar surface area (TPSA) is 114 Å². The average molecular weight is 401 g/mol. The number of hydrogen-bond donors (Lipinski definition) is 2. The van der Waals surface area contributed by atoms with Gasteiger partial charge in [0.2, 0.25) is 11.8 Å². The van der Waals surface area contributed by atoms with Crippen molar-refractivity contribution < 1.29 is 19.2 Å². The number of nitrogens with one attached hydrogen (secondary N) is 1. The van der Waals surface area contributed by atoms with Gasteiger partial charge in [-0.05, 0) is 51.2 Å². The number of aliphatic hydroxyl groups is 1. The minimum Gasteiger partial charge on any atom is -0.476 e. The molecule has 1 aliphatic carbocycles. The molecule has 2 aliphatic rings. The zero-order valence-corrected chi connectivity index (χ0v) is 17.0. The predicted octanol–water partition coefficient (Wildman–Crippen LogP) is 1.80. The second kappa shape index (κ2) is 7.62. The molecule has 29 heavy (non-hydrogen) atoms. The Morgan fingerprint density at radius 1 is 1.34 bits per heavy atom. The number of aliphatic hydroxyl groups excluding tert-OH is 1. The van der Waals surface area contributed by atoms with E-state index < -0.39 is 5.54 Å². The van der Waals surface area contributed by atoms with Crippen molar-refractivity contribution in [1.82, 2.24) is 20.4 Å². The molecule has 9 heteroatoms. The van der Waals surface area contributed by atoms with E-state index in [1.807, 2.05) is 11.0 Å². The Labute approximate surface area is 169 Å². The van der Waals surface area contributed by atoms with Crippen molar-refractivity contribution in [2.24, 2.45) is 5.92 Å². The summed E-state index contributed by atoms with van der Waals surface area (Å²) in [6.07, 6.45) is 2.68. The van der Waals surface area contributed by atoms with Crippen LogP contribution in [0.1, 0.15) is 55.3 Å². The van der Waals surface area contributed by atoms with Crippen LogP contribution in [0.4, 0.5) is 5.69 Å². The van der Waals surface area contributed by atoms with Crippen LogP contribution in [-0.2, 0) is 5.54 Å². The summed E-state index contributed by atoms with van der Waals surface area (Å²) in [6, 6.07) is 3.52. The Bertz CT molecular complexity index is 893. The summed E-state index contributed by atoms with van der Waals surface area (Å²) in [7, 11) is 0. The van der Waals surface area contributed by atoms with E-state index in [0.29, 0.717) is 43.1 Å². The van der Waals surface area contributed by atoms with Crippen molar-refractivity contribution in [3.05, 3.63) is 29.5 Å². The van der Waals surface area contributed by atoms with Gasteiger partial charge in [0, 0.05) is 20.0 Å². The lowest BCUT2D eigenvalue weighted by Gasteiger charge is -2.23. The van der Waals surface area contributed by atoms with Crippen LogP contribution < -0.4 is 15.0 Å². The number of pyridine rings is 1. The predicted molar refractivity (Wildman–Crippen MR) is 105 cm³/mol. The Morgan fingerprint density at radius 2 is 2.14 bits per heavy atom. The van der Waals surface area contributed by atoms with Crippen LogP contribution in [0, 0.1) is 12.8 Å². The van der Waals surface area contributed by atoms with Gasteiger partial charge >= 0.3 is 0 Å². The molecule has 0 spiro atoms. The normalized spacial score (nSPS) is 19.4. The third kappa shape index (κ3) is 4.50. The van der Waals surface area contributed by atoms with Crippen LogP contribution in [0.3, 0.4) is 0 Å². The number of carbonyl (C=O) groups excluding carboxylic acids is 1. The molecular formula is C20H27N5O4. The summed E-state index contributed by atoms with van der Waals surface area (Å²) in [5.74, 6) is 1.49. The Kier molecular flexibility index (Phi) is 5.16. The molecule has 0 aromatic carbocycles. The maximum absolute atomic E-state index is 12.9. The lowest BCUT2D eigenvalue weighted by molar-refractivity contribution is 0.0901. The van der Waals surface area contributed by atoms with E-state index >= 15 is 0 Å². The smallest absolute Gasteiger partial charge is 0.270 e. The lowest BCUT2D eigenvalue weighted by atomic mass is 10.0. The largest absolute Gasteiger partial charge is 0.476 e. The van der Waals surface area contributed by atoms with Gasteiger partial charge < -0.3 is 24.6 Å². The summed E-state index contributed by atoms with van der Waals surface area (Å²) in [5.41, 5.74) is 0.253. The molecule has 2 aromatic heterocycles. The third-order valence-electron chi connectivity index (χ3n) is 5.24. The number of β-amino-alcohol motifs (C(OH)–C–C–N with tert-alkyl or cyclic N) is 1. The van der Waals surface area contributed by atoms with Crippen molar-refractivity contribution in [2.75, 3.05) is 24.6 Å². The van der Waals surface area contributed by atoms with Crippen LogP contribution in [0.2, 0.25) is 0 Å². The zero-order chi connectivity index (χ0) is 20.6. The first kappa shape index (κ1) is 19.6. The Hall–Kier alpha value is -2.68. The summed E-state index contributed by atoms with van der Waals surface area (Å²) in [5, 5.41) is 16.7. The zero-order valence-electron chi connectivity index (χ0n) is 17.0. The molecule has 1 atom stereocenters. The fourth-order valence-corrected chi connectivity index (χ4v) is 3.31. The first-order valence-electron chi connectivity index (χ1n) is 10.0. The third-order valence-corrected chi connectivity index (χ3v) is 5.24. The van der Waals surface area contributed by atoms with Crippen LogP contribution in [0.5, 0.6) is 5.88 Å². The molecule has 0 bridgehead atoms. The number of nitrogens with zero attached hydrogens (tertiary/aromatic N) is 4. The fraction of sp³-hybridized carbons (Fsp3) is 0.600. The van der Waals surface area contributed by atoms with Gasteiger partial charge in [-0.3, -0.25) is 4.79 Å². The summed E-state index contributed by atoms with van der Waals surface area (Å²) in [6.45, 7) is 7.18. The summed E-state index contributed by atoms with van der Waals surface area (Å²) in [4.78, 5) is 23.6. The standard InChI is InChI=1S/C20H27N5O4/c1-12-21-19(24-29-12)20(2,3)23-17(27)15-6-7-16(25-9-8-14(26)10-25)18(22-15)28-11-13-4-5-13/h6-7,13-14,26H,4-5,8-11H2,1-3H3,(H,23,27). The summed E-state index contributed by atoms with van der Waals surface area (Å²) >= 11 is 0. The van der Waals surface area contributed by atoms with E-state index in [1.54, 1.807) is 26.8 Å². The maximum Gasteiger partial charge on any atom is 0.270 e. The van der Waals surface area contributed by atoms with Crippen molar-refractivity contribution in [3.8, 4) is 5.88 Å². The van der Waals surface area contributed by atoms with Crippen LogP contribution in [0.15, 0.2) is 16.7 Å². The SMILES string of the molecule is Cc1nc(C(C)(C)NC(=O)c2ccc(N3CCC(O)C3)c(OCC3CC3)n2)no1. The summed E-state index contributed by atoms with van der Waals surface area (Å²) < 4.78 is 11.0. The van der Waals surface area contributed by atoms with Crippen molar-refractivity contribution in [1.29, 1.82) is 0 Å². The molecule has 2 aromatic rings. The van der Waals surface area contributed by atoms with Crippen molar-refractivity contribution >= 4 is 11.6 Å². The lowest BCUT2D eigenvalue weighted by Crippen LogP contribution is -2.42. The number of aromatic nitrogens is 3. The second-order valence-corrected chi connectivity index (χ2v) is 8.38. The monoisotopic (exact) mass is 401 g/mol. The first-order valence-corrected chi connectivity index (χ1v) is 10.0. The molecule has 3 heterocycles. The molecule has 156 valence electrons. The van der Waals surface area contributed by atoms with Crippen LogP contribution in [0.25, 0.3) is 0 Å². The number of hydrogen-bond acceptors (Lipinski definition) is 8. The van der Waals surface area contributed by atoms with Gasteiger partial charge in [0.1, 0.15) is 11.4 Å². The quantitative estimate of drug-likeness (QED) is 0.722. The maximum atomic E-state index is 12.9. The Morgan fingerprint density at radius 3 is 2.76 bits per heavy atom. The second-order valence-electron chi connectivity index (χ2n) is 8.38. The molecule has 1 aliphatic heterocycles. The molecule has 9 nitrogen and oxygen atoms in total. The molecule has 1 saturated heterocycles. The minimum absolute atomic E-state index is 0.257.